The van der Waals surface area contributed by atoms with Gasteiger partial charge in [0.2, 0.25) is 0 Å². The molecule has 0 unspecified atom stereocenters. The molecule has 5 fully saturated rings. The van der Waals surface area contributed by atoms with Crippen LogP contribution < -0.4 is 0 Å². The van der Waals surface area contributed by atoms with E-state index in [2.05, 4.69) is 32.3 Å². The first-order valence-corrected chi connectivity index (χ1v) is 12.2. The third-order valence-corrected chi connectivity index (χ3v) is 9.09. The van der Waals surface area contributed by atoms with Gasteiger partial charge in [0.1, 0.15) is 5.78 Å². The molecular weight excluding hydrogens is 374 g/mol. The lowest BCUT2D eigenvalue weighted by Gasteiger charge is -2.56. The molecule has 0 aliphatic heterocycles. The van der Waals surface area contributed by atoms with Crippen LogP contribution in [-0.2, 0) is 4.79 Å². The lowest BCUT2D eigenvalue weighted by atomic mass is 9.48. The lowest BCUT2D eigenvalue weighted by Crippen LogP contribution is -2.50. The Hall–Kier alpha value is -1.14. The van der Waals surface area contributed by atoms with Crippen LogP contribution in [0.5, 0.6) is 0 Å². The van der Waals surface area contributed by atoms with Gasteiger partial charge < -0.3 is 0 Å². The zero-order valence-electron chi connectivity index (χ0n) is 15.5. The fourth-order valence-electron chi connectivity index (χ4n) is 6.35. The summed E-state index contributed by atoms with van der Waals surface area (Å²) in [4.78, 5) is 14.5. The minimum absolute atomic E-state index is 0.00274. The van der Waals surface area contributed by atoms with E-state index in [-0.39, 0.29) is 5.41 Å². The van der Waals surface area contributed by atoms with E-state index in [1.807, 2.05) is 0 Å². The van der Waals surface area contributed by atoms with E-state index < -0.39 is 0 Å². The van der Waals surface area contributed by atoms with Crippen LogP contribution in [0.25, 0.3) is 10.7 Å². The van der Waals surface area contributed by atoms with E-state index >= 15 is 0 Å². The topological polar surface area (TPSA) is 47.8 Å². The van der Waals surface area contributed by atoms with Crippen LogP contribution in [0.4, 0.5) is 0 Å². The average molecular weight is 400 g/mol. The maximum atomic E-state index is 13.3. The molecule has 2 aromatic heterocycles. The number of Topliss-reactive ketones (excluding diaryl/α,β-unsaturated/α-hetero) is 1. The van der Waals surface area contributed by atoms with Crippen molar-refractivity contribution in [1.29, 1.82) is 0 Å². The van der Waals surface area contributed by atoms with Gasteiger partial charge in [-0.3, -0.25) is 9.36 Å². The Labute approximate surface area is 168 Å². The number of aromatic nitrogens is 3. The molecule has 0 radical (unpaired) electrons. The zero-order chi connectivity index (χ0) is 18.0. The summed E-state index contributed by atoms with van der Waals surface area (Å²) in [6, 6.07) is 4.70. The number of carbonyl (C=O) groups is 1. The van der Waals surface area contributed by atoms with Gasteiger partial charge in [0.05, 0.1) is 10.6 Å². The van der Waals surface area contributed by atoms with E-state index in [4.69, 9.17) is 0 Å². The third kappa shape index (κ3) is 2.82. The fraction of sp³-hybridized carbons (Fsp3) is 0.667. The Bertz CT molecular complexity index is 833. The van der Waals surface area contributed by atoms with Crippen LogP contribution in [0.3, 0.4) is 0 Å². The van der Waals surface area contributed by atoms with Gasteiger partial charge in [0.15, 0.2) is 11.0 Å². The van der Waals surface area contributed by atoms with Gasteiger partial charge in [0.25, 0.3) is 0 Å². The highest BCUT2D eigenvalue weighted by Crippen LogP contribution is 2.60. The fourth-order valence-corrected chi connectivity index (χ4v) is 8.09. The Morgan fingerprint density at radius 1 is 1.15 bits per heavy atom. The highest BCUT2D eigenvalue weighted by atomic mass is 32.2. The third-order valence-electron chi connectivity index (χ3n) is 7.28. The molecule has 0 amide bonds. The highest BCUT2D eigenvalue weighted by Gasteiger charge is 2.54. The van der Waals surface area contributed by atoms with Crippen molar-refractivity contribution < 1.29 is 4.79 Å². The van der Waals surface area contributed by atoms with E-state index in [1.165, 1.54) is 37.0 Å². The molecule has 6 heteroatoms. The number of nitrogens with zero attached hydrogens (tertiary/aromatic N) is 3. The smallest absolute Gasteiger partial charge is 0.192 e. The predicted molar refractivity (Wildman–Crippen MR) is 108 cm³/mol. The molecule has 0 N–H and O–H groups in total. The van der Waals surface area contributed by atoms with Gasteiger partial charge in [-0.25, -0.2) is 0 Å². The van der Waals surface area contributed by atoms with Crippen LogP contribution in [0.1, 0.15) is 57.4 Å². The second-order valence-corrected chi connectivity index (χ2v) is 11.2. The molecule has 27 heavy (non-hydrogen) atoms. The molecule has 4 nitrogen and oxygen atoms in total. The molecule has 0 spiro atoms. The molecule has 0 atom stereocenters. The molecule has 5 aliphatic carbocycles. The van der Waals surface area contributed by atoms with Gasteiger partial charge in [-0.15, -0.1) is 21.5 Å². The Morgan fingerprint density at radius 3 is 2.44 bits per heavy atom. The molecule has 0 aromatic carbocycles. The predicted octanol–water partition coefficient (Wildman–Crippen LogP) is 5.22. The van der Waals surface area contributed by atoms with Crippen molar-refractivity contribution in [2.24, 2.45) is 23.2 Å². The van der Waals surface area contributed by atoms with E-state index in [0.717, 1.165) is 48.0 Å². The molecule has 2 heterocycles. The summed E-state index contributed by atoms with van der Waals surface area (Å²) in [5.74, 6) is 4.52. The van der Waals surface area contributed by atoms with Crippen LogP contribution in [0, 0.1) is 23.2 Å². The number of rotatable bonds is 6. The first-order chi connectivity index (χ1) is 13.2. The van der Waals surface area contributed by atoms with Crippen LogP contribution >= 0.6 is 23.1 Å². The van der Waals surface area contributed by atoms with E-state index in [0.29, 0.717) is 17.6 Å². The molecule has 2 aromatic rings. The maximum Gasteiger partial charge on any atom is 0.192 e. The number of ketones is 1. The van der Waals surface area contributed by atoms with Crippen molar-refractivity contribution >= 4 is 28.9 Å². The average Bonchev–Trinajstić information content (AvgIpc) is 3.16. The summed E-state index contributed by atoms with van der Waals surface area (Å²) < 4.78 is 2.30. The van der Waals surface area contributed by atoms with Crippen LogP contribution in [-0.4, -0.2) is 26.3 Å². The van der Waals surface area contributed by atoms with Crippen molar-refractivity contribution in [2.45, 2.75) is 62.6 Å². The molecule has 5 saturated carbocycles. The summed E-state index contributed by atoms with van der Waals surface area (Å²) in [5.41, 5.74) is 0.00274. The number of hydrogen-bond acceptors (Lipinski definition) is 5. The van der Waals surface area contributed by atoms with Gasteiger partial charge in [0, 0.05) is 11.5 Å². The lowest BCUT2D eigenvalue weighted by molar-refractivity contribution is -0.141. The van der Waals surface area contributed by atoms with E-state index in [1.54, 1.807) is 23.1 Å². The first-order valence-electron chi connectivity index (χ1n) is 10.3. The SMILES string of the molecule is O=C(CSc1nnc(-c2cccs2)n1C1CC1)C12CC3CC(CC(C3)C1)C2. The van der Waals surface area contributed by atoms with Crippen molar-refractivity contribution in [1.82, 2.24) is 14.8 Å². The quantitative estimate of drug-likeness (QED) is 0.625. The normalized spacial score (nSPS) is 34.3. The maximum absolute atomic E-state index is 13.3. The number of hydrogen-bond donors (Lipinski definition) is 0. The Kier molecular flexibility index (Phi) is 3.84. The summed E-state index contributed by atoms with van der Waals surface area (Å²) in [7, 11) is 0. The molecule has 7 rings (SSSR count). The Morgan fingerprint density at radius 2 is 1.85 bits per heavy atom. The minimum Gasteiger partial charge on any atom is -0.298 e. The molecule has 5 aliphatic rings. The summed E-state index contributed by atoms with van der Waals surface area (Å²) in [6.07, 6.45) is 10.1. The first kappa shape index (κ1) is 16.8. The van der Waals surface area contributed by atoms with Crippen LogP contribution in [0.15, 0.2) is 22.7 Å². The molecule has 4 bridgehead atoms. The largest absolute Gasteiger partial charge is 0.298 e. The van der Waals surface area contributed by atoms with Gasteiger partial charge >= 0.3 is 0 Å². The number of carbonyl (C=O) groups excluding carboxylic acids is 1. The number of thioether (sulfide) groups is 1. The molecular formula is C21H25N3OS2. The standard InChI is InChI=1S/C21H25N3OS2/c25-18(21-9-13-6-14(10-21)8-15(7-13)11-21)12-27-20-23-22-19(17-2-1-5-26-17)24(20)16-3-4-16/h1-2,5,13-16H,3-4,6-12H2. The monoisotopic (exact) mass is 399 g/mol. The summed E-state index contributed by atoms with van der Waals surface area (Å²) >= 11 is 3.35. The summed E-state index contributed by atoms with van der Waals surface area (Å²) in [5, 5.41) is 12.0. The Balaban J connectivity index is 1.22. The van der Waals surface area contributed by atoms with Gasteiger partial charge in [-0.1, -0.05) is 17.8 Å². The van der Waals surface area contributed by atoms with Gasteiger partial charge in [-0.2, -0.15) is 0 Å². The van der Waals surface area contributed by atoms with E-state index in [9.17, 15) is 4.79 Å². The van der Waals surface area contributed by atoms with Crippen molar-refractivity contribution in [3.05, 3.63) is 17.5 Å². The van der Waals surface area contributed by atoms with Crippen LogP contribution in [0.2, 0.25) is 0 Å². The minimum atomic E-state index is 0.00274. The molecule has 142 valence electrons. The second kappa shape index (κ2) is 6.18. The van der Waals surface area contributed by atoms with Crippen molar-refractivity contribution in [2.75, 3.05) is 5.75 Å². The zero-order valence-corrected chi connectivity index (χ0v) is 17.1. The summed E-state index contributed by atoms with van der Waals surface area (Å²) in [6.45, 7) is 0. The van der Waals surface area contributed by atoms with Crippen molar-refractivity contribution in [3.63, 3.8) is 0 Å². The second-order valence-electron chi connectivity index (χ2n) is 9.29. The van der Waals surface area contributed by atoms with Crippen molar-refractivity contribution in [3.8, 4) is 10.7 Å². The number of thiophene rings is 1. The van der Waals surface area contributed by atoms with Gasteiger partial charge in [-0.05, 0) is 80.6 Å². The highest BCUT2D eigenvalue weighted by molar-refractivity contribution is 7.99. The molecule has 0 saturated heterocycles.